The smallest absolute Gasteiger partial charge is 0.319 e. The number of amides is 2. The molecule has 0 saturated heterocycles. The van der Waals surface area contributed by atoms with Crippen molar-refractivity contribution >= 4 is 23.3 Å². The number of halogens is 1. The maximum atomic E-state index is 11.7. The lowest BCUT2D eigenvalue weighted by Gasteiger charge is -2.10. The SMILES string of the molecule is Cc1ccccc1OCCCNC(=O)Nc1ccc(Cl)cc1. The topological polar surface area (TPSA) is 50.4 Å². The fourth-order valence-electron chi connectivity index (χ4n) is 1.88. The van der Waals surface area contributed by atoms with Crippen LogP contribution in [0.15, 0.2) is 48.5 Å². The van der Waals surface area contributed by atoms with Gasteiger partial charge in [-0.15, -0.1) is 0 Å². The largest absolute Gasteiger partial charge is 0.493 e. The van der Waals surface area contributed by atoms with Crippen LogP contribution < -0.4 is 15.4 Å². The number of hydrogen-bond acceptors (Lipinski definition) is 2. The van der Waals surface area contributed by atoms with Gasteiger partial charge < -0.3 is 15.4 Å². The Morgan fingerprint density at radius 1 is 1.14 bits per heavy atom. The number of rotatable bonds is 6. The summed E-state index contributed by atoms with van der Waals surface area (Å²) in [6.07, 6.45) is 0.738. The number of carbonyl (C=O) groups is 1. The Balaban J connectivity index is 1.63. The predicted molar refractivity (Wildman–Crippen MR) is 89.8 cm³/mol. The summed E-state index contributed by atoms with van der Waals surface area (Å²) < 4.78 is 5.66. The first kappa shape index (κ1) is 16.2. The van der Waals surface area contributed by atoms with Gasteiger partial charge in [0, 0.05) is 17.3 Å². The van der Waals surface area contributed by atoms with E-state index in [4.69, 9.17) is 16.3 Å². The highest BCUT2D eigenvalue weighted by Crippen LogP contribution is 2.16. The number of para-hydroxylation sites is 1. The van der Waals surface area contributed by atoms with Gasteiger partial charge in [0.05, 0.1) is 6.61 Å². The van der Waals surface area contributed by atoms with Crippen LogP contribution in [0.25, 0.3) is 0 Å². The summed E-state index contributed by atoms with van der Waals surface area (Å²) in [5, 5.41) is 6.16. The molecule has 22 heavy (non-hydrogen) atoms. The van der Waals surface area contributed by atoms with E-state index in [1.807, 2.05) is 31.2 Å². The third-order valence-corrected chi connectivity index (χ3v) is 3.31. The second-order valence-electron chi connectivity index (χ2n) is 4.86. The van der Waals surface area contributed by atoms with Crippen molar-refractivity contribution in [3.8, 4) is 5.75 Å². The lowest BCUT2D eigenvalue weighted by molar-refractivity contribution is 0.250. The second kappa shape index (κ2) is 8.29. The van der Waals surface area contributed by atoms with Crippen molar-refractivity contribution in [3.63, 3.8) is 0 Å². The van der Waals surface area contributed by atoms with Crippen LogP contribution >= 0.6 is 11.6 Å². The van der Waals surface area contributed by atoms with E-state index in [1.165, 1.54) is 0 Å². The molecule has 0 saturated carbocycles. The van der Waals surface area contributed by atoms with Gasteiger partial charge in [-0.25, -0.2) is 4.79 Å². The molecule has 2 N–H and O–H groups in total. The van der Waals surface area contributed by atoms with Gasteiger partial charge in [0.2, 0.25) is 0 Å². The van der Waals surface area contributed by atoms with E-state index in [1.54, 1.807) is 24.3 Å². The minimum Gasteiger partial charge on any atom is -0.493 e. The Morgan fingerprint density at radius 3 is 2.59 bits per heavy atom. The van der Waals surface area contributed by atoms with Crippen LogP contribution in [0.4, 0.5) is 10.5 Å². The lowest BCUT2D eigenvalue weighted by Crippen LogP contribution is -2.30. The molecule has 2 amide bonds. The quantitative estimate of drug-likeness (QED) is 0.783. The number of nitrogens with one attached hydrogen (secondary N) is 2. The molecule has 5 heteroatoms. The number of aryl methyl sites for hydroxylation is 1. The van der Waals surface area contributed by atoms with Crippen molar-refractivity contribution in [2.45, 2.75) is 13.3 Å². The second-order valence-corrected chi connectivity index (χ2v) is 5.29. The summed E-state index contributed by atoms with van der Waals surface area (Å²) in [6.45, 7) is 3.12. The third kappa shape index (κ3) is 5.30. The fourth-order valence-corrected chi connectivity index (χ4v) is 2.01. The first-order chi connectivity index (χ1) is 10.6. The zero-order valence-corrected chi connectivity index (χ0v) is 13.2. The Kier molecular flexibility index (Phi) is 6.10. The van der Waals surface area contributed by atoms with Gasteiger partial charge in [0.1, 0.15) is 5.75 Å². The molecule has 0 bridgehead atoms. The van der Waals surface area contributed by atoms with Crippen LogP contribution in [0.5, 0.6) is 5.75 Å². The summed E-state index contributed by atoms with van der Waals surface area (Å²) in [5.41, 5.74) is 1.81. The zero-order chi connectivity index (χ0) is 15.8. The molecule has 0 spiro atoms. The molecule has 0 aliphatic heterocycles. The normalized spacial score (nSPS) is 10.1. The van der Waals surface area contributed by atoms with Crippen LogP contribution in [-0.2, 0) is 0 Å². The molecule has 0 heterocycles. The van der Waals surface area contributed by atoms with Crippen molar-refractivity contribution in [1.82, 2.24) is 5.32 Å². The first-order valence-corrected chi connectivity index (χ1v) is 7.52. The highest BCUT2D eigenvalue weighted by molar-refractivity contribution is 6.30. The highest BCUT2D eigenvalue weighted by Gasteiger charge is 2.01. The number of anilines is 1. The number of ether oxygens (including phenoxy) is 1. The van der Waals surface area contributed by atoms with Gasteiger partial charge >= 0.3 is 6.03 Å². The molecule has 116 valence electrons. The van der Waals surface area contributed by atoms with Crippen LogP contribution in [-0.4, -0.2) is 19.2 Å². The number of hydrogen-bond donors (Lipinski definition) is 2. The Hall–Kier alpha value is -2.20. The Morgan fingerprint density at radius 2 is 1.86 bits per heavy atom. The first-order valence-electron chi connectivity index (χ1n) is 7.14. The molecule has 0 aliphatic carbocycles. The summed E-state index contributed by atoms with van der Waals surface area (Å²) in [5.74, 6) is 0.883. The standard InChI is InChI=1S/C17H19ClN2O2/c1-13-5-2-3-6-16(13)22-12-4-11-19-17(21)20-15-9-7-14(18)8-10-15/h2-3,5-10H,4,11-12H2,1H3,(H2,19,20,21). The molecule has 2 aromatic rings. The van der Waals surface area contributed by atoms with E-state index < -0.39 is 0 Å². The molecular weight excluding hydrogens is 300 g/mol. The fraction of sp³-hybridized carbons (Fsp3) is 0.235. The monoisotopic (exact) mass is 318 g/mol. The maximum Gasteiger partial charge on any atom is 0.319 e. The Labute approximate surface area is 135 Å². The molecular formula is C17H19ClN2O2. The van der Waals surface area contributed by atoms with E-state index in [2.05, 4.69) is 10.6 Å². The zero-order valence-electron chi connectivity index (χ0n) is 12.4. The molecule has 0 radical (unpaired) electrons. The van der Waals surface area contributed by atoms with E-state index in [9.17, 15) is 4.79 Å². The van der Waals surface area contributed by atoms with Crippen molar-refractivity contribution in [2.24, 2.45) is 0 Å². The summed E-state index contributed by atoms with van der Waals surface area (Å²) >= 11 is 5.79. The minimum atomic E-state index is -0.238. The van der Waals surface area contributed by atoms with E-state index in [0.29, 0.717) is 23.9 Å². The van der Waals surface area contributed by atoms with Crippen LogP contribution in [0.2, 0.25) is 5.02 Å². The summed E-state index contributed by atoms with van der Waals surface area (Å²) in [4.78, 5) is 11.7. The van der Waals surface area contributed by atoms with Gasteiger partial charge in [-0.05, 0) is 49.2 Å². The average Bonchev–Trinajstić information content (AvgIpc) is 2.51. The van der Waals surface area contributed by atoms with Crippen molar-refractivity contribution in [2.75, 3.05) is 18.5 Å². The number of carbonyl (C=O) groups excluding carboxylic acids is 1. The summed E-state index contributed by atoms with van der Waals surface area (Å²) in [7, 11) is 0. The lowest BCUT2D eigenvalue weighted by atomic mass is 10.2. The van der Waals surface area contributed by atoms with Crippen molar-refractivity contribution in [3.05, 3.63) is 59.1 Å². The van der Waals surface area contributed by atoms with Gasteiger partial charge in [-0.2, -0.15) is 0 Å². The van der Waals surface area contributed by atoms with Crippen LogP contribution in [0.1, 0.15) is 12.0 Å². The number of urea groups is 1. The molecule has 0 fully saturated rings. The minimum absolute atomic E-state index is 0.238. The summed E-state index contributed by atoms with van der Waals surface area (Å²) in [6, 6.07) is 14.6. The molecule has 0 atom stereocenters. The van der Waals surface area contributed by atoms with Gasteiger partial charge in [0.25, 0.3) is 0 Å². The molecule has 0 aliphatic rings. The van der Waals surface area contributed by atoms with Gasteiger partial charge in [-0.1, -0.05) is 29.8 Å². The number of benzene rings is 2. The van der Waals surface area contributed by atoms with E-state index in [0.717, 1.165) is 17.7 Å². The van der Waals surface area contributed by atoms with E-state index in [-0.39, 0.29) is 6.03 Å². The van der Waals surface area contributed by atoms with Crippen molar-refractivity contribution in [1.29, 1.82) is 0 Å². The van der Waals surface area contributed by atoms with Gasteiger partial charge in [-0.3, -0.25) is 0 Å². The van der Waals surface area contributed by atoms with Crippen molar-refractivity contribution < 1.29 is 9.53 Å². The predicted octanol–water partition coefficient (Wildman–Crippen LogP) is 4.24. The van der Waals surface area contributed by atoms with Crippen LogP contribution in [0, 0.1) is 6.92 Å². The van der Waals surface area contributed by atoms with Gasteiger partial charge in [0.15, 0.2) is 0 Å². The third-order valence-electron chi connectivity index (χ3n) is 3.06. The van der Waals surface area contributed by atoms with Crippen LogP contribution in [0.3, 0.4) is 0 Å². The average molecular weight is 319 g/mol. The van der Waals surface area contributed by atoms with E-state index >= 15 is 0 Å². The maximum absolute atomic E-state index is 11.7. The molecule has 0 unspecified atom stereocenters. The molecule has 0 aromatic heterocycles. The highest BCUT2D eigenvalue weighted by atomic mass is 35.5. The Bertz CT molecular complexity index is 614. The molecule has 4 nitrogen and oxygen atoms in total. The molecule has 2 aromatic carbocycles. The molecule has 2 rings (SSSR count).